The molecule has 0 saturated carbocycles. The minimum Gasteiger partial charge on any atom is -0.358 e. The fourth-order valence-corrected chi connectivity index (χ4v) is 1.73. The molecule has 4 heteroatoms. The van der Waals surface area contributed by atoms with Crippen molar-refractivity contribution in [2.24, 2.45) is 0 Å². The van der Waals surface area contributed by atoms with Crippen molar-refractivity contribution in [3.63, 3.8) is 0 Å². The predicted octanol–water partition coefficient (Wildman–Crippen LogP) is 1.14. The number of carbonyl (C=O) groups is 1. The number of likely N-dealkylation sites (N-methyl/N-ethyl adjacent to an activating group) is 1. The number of hydrogen-bond donors (Lipinski definition) is 2. The molecule has 2 N–H and O–H groups in total. The van der Waals surface area contributed by atoms with E-state index < -0.39 is 0 Å². The van der Waals surface area contributed by atoms with Gasteiger partial charge in [0.25, 0.3) is 0 Å². The van der Waals surface area contributed by atoms with Crippen molar-refractivity contribution < 1.29 is 4.79 Å². The number of thiophene rings is 1. The van der Waals surface area contributed by atoms with Gasteiger partial charge in [0.1, 0.15) is 0 Å². The Bertz CT molecular complexity index is 259. The summed E-state index contributed by atoms with van der Waals surface area (Å²) in [5.41, 5.74) is 1.23. The first-order valence-electron chi connectivity index (χ1n) is 4.20. The molecular formula is C9H14N2OS. The summed E-state index contributed by atoms with van der Waals surface area (Å²) in [6.07, 6.45) is 0. The Labute approximate surface area is 82.2 Å². The molecule has 1 atom stereocenters. The van der Waals surface area contributed by atoms with E-state index in [0.29, 0.717) is 6.54 Å². The Morgan fingerprint density at radius 2 is 2.46 bits per heavy atom. The van der Waals surface area contributed by atoms with Crippen molar-refractivity contribution >= 4 is 17.2 Å². The van der Waals surface area contributed by atoms with Crippen LogP contribution in [0.2, 0.25) is 0 Å². The van der Waals surface area contributed by atoms with Crippen molar-refractivity contribution in [2.75, 3.05) is 13.6 Å². The zero-order valence-electron chi connectivity index (χ0n) is 7.83. The second kappa shape index (κ2) is 4.99. The van der Waals surface area contributed by atoms with Gasteiger partial charge in [-0.3, -0.25) is 4.79 Å². The van der Waals surface area contributed by atoms with Gasteiger partial charge in [-0.05, 0) is 29.3 Å². The van der Waals surface area contributed by atoms with Crippen LogP contribution in [0.1, 0.15) is 18.5 Å². The van der Waals surface area contributed by atoms with Crippen LogP contribution in [0, 0.1) is 0 Å². The summed E-state index contributed by atoms with van der Waals surface area (Å²) in [5, 5.41) is 9.82. The lowest BCUT2D eigenvalue weighted by molar-refractivity contribution is -0.119. The first-order valence-corrected chi connectivity index (χ1v) is 5.14. The van der Waals surface area contributed by atoms with Crippen LogP contribution in [0.3, 0.4) is 0 Å². The molecule has 0 aromatic carbocycles. The molecule has 0 aliphatic heterocycles. The van der Waals surface area contributed by atoms with Crippen molar-refractivity contribution in [1.82, 2.24) is 10.6 Å². The molecule has 72 valence electrons. The molecule has 1 aromatic heterocycles. The Morgan fingerprint density at radius 3 is 3.00 bits per heavy atom. The van der Waals surface area contributed by atoms with Crippen LogP contribution in [0.15, 0.2) is 16.8 Å². The molecule has 0 saturated heterocycles. The Balaban J connectivity index is 2.34. The van der Waals surface area contributed by atoms with Gasteiger partial charge in [-0.2, -0.15) is 11.3 Å². The minimum atomic E-state index is 0.0158. The topological polar surface area (TPSA) is 41.1 Å². The summed E-state index contributed by atoms with van der Waals surface area (Å²) < 4.78 is 0. The van der Waals surface area contributed by atoms with Crippen LogP contribution >= 0.6 is 11.3 Å². The van der Waals surface area contributed by atoms with Gasteiger partial charge in [-0.1, -0.05) is 0 Å². The molecule has 1 unspecified atom stereocenters. The zero-order valence-corrected chi connectivity index (χ0v) is 8.65. The maximum Gasteiger partial charge on any atom is 0.233 e. The lowest BCUT2D eigenvalue weighted by Crippen LogP contribution is -2.32. The monoisotopic (exact) mass is 198 g/mol. The van der Waals surface area contributed by atoms with Crippen LogP contribution < -0.4 is 10.6 Å². The molecule has 0 radical (unpaired) electrons. The second-order valence-corrected chi connectivity index (χ2v) is 3.61. The summed E-state index contributed by atoms with van der Waals surface area (Å²) in [6.45, 7) is 2.42. The maximum absolute atomic E-state index is 10.9. The molecule has 0 aliphatic carbocycles. The van der Waals surface area contributed by atoms with E-state index in [4.69, 9.17) is 0 Å². The largest absolute Gasteiger partial charge is 0.358 e. The molecule has 0 fully saturated rings. The molecule has 0 aliphatic rings. The summed E-state index contributed by atoms with van der Waals surface area (Å²) in [6, 6.07) is 2.30. The predicted molar refractivity (Wildman–Crippen MR) is 54.8 cm³/mol. The molecule has 1 amide bonds. The van der Waals surface area contributed by atoms with Gasteiger partial charge in [0.15, 0.2) is 0 Å². The Morgan fingerprint density at radius 1 is 1.69 bits per heavy atom. The smallest absolute Gasteiger partial charge is 0.233 e. The van der Waals surface area contributed by atoms with Crippen LogP contribution in [0.25, 0.3) is 0 Å². The van der Waals surface area contributed by atoms with Crippen LogP contribution in [0.4, 0.5) is 0 Å². The number of hydrogen-bond acceptors (Lipinski definition) is 3. The van der Waals surface area contributed by atoms with E-state index in [1.165, 1.54) is 5.56 Å². The zero-order chi connectivity index (χ0) is 9.68. The molecule has 13 heavy (non-hydrogen) atoms. The summed E-state index contributed by atoms with van der Waals surface area (Å²) in [7, 11) is 1.64. The lowest BCUT2D eigenvalue weighted by atomic mass is 10.2. The highest BCUT2D eigenvalue weighted by Gasteiger charge is 2.06. The van der Waals surface area contributed by atoms with E-state index in [2.05, 4.69) is 22.1 Å². The van der Waals surface area contributed by atoms with E-state index in [1.807, 2.05) is 12.3 Å². The first-order chi connectivity index (χ1) is 6.24. The summed E-state index contributed by atoms with van der Waals surface area (Å²) in [4.78, 5) is 10.9. The Kier molecular flexibility index (Phi) is 3.92. The van der Waals surface area contributed by atoms with Gasteiger partial charge in [0.05, 0.1) is 6.54 Å². The molecule has 1 rings (SSSR count). The summed E-state index contributed by atoms with van der Waals surface area (Å²) >= 11 is 1.67. The van der Waals surface area contributed by atoms with E-state index in [-0.39, 0.29) is 11.9 Å². The van der Waals surface area contributed by atoms with Gasteiger partial charge in [0.2, 0.25) is 5.91 Å². The molecule has 1 heterocycles. The third-order valence-electron chi connectivity index (χ3n) is 1.89. The van der Waals surface area contributed by atoms with Crippen molar-refractivity contribution in [3.05, 3.63) is 22.4 Å². The first kappa shape index (κ1) is 10.2. The molecule has 3 nitrogen and oxygen atoms in total. The maximum atomic E-state index is 10.9. The van der Waals surface area contributed by atoms with Gasteiger partial charge >= 0.3 is 0 Å². The van der Waals surface area contributed by atoms with E-state index >= 15 is 0 Å². The average molecular weight is 198 g/mol. The van der Waals surface area contributed by atoms with Crippen molar-refractivity contribution in [3.8, 4) is 0 Å². The molecule has 0 bridgehead atoms. The molecule has 0 spiro atoms. The van der Waals surface area contributed by atoms with E-state index in [9.17, 15) is 4.79 Å². The highest BCUT2D eigenvalue weighted by Crippen LogP contribution is 2.14. The van der Waals surface area contributed by atoms with Gasteiger partial charge in [-0.25, -0.2) is 0 Å². The second-order valence-electron chi connectivity index (χ2n) is 2.83. The lowest BCUT2D eigenvalue weighted by Gasteiger charge is -2.10. The average Bonchev–Trinajstić information content (AvgIpc) is 2.66. The third-order valence-corrected chi connectivity index (χ3v) is 2.59. The molecule has 1 aromatic rings. The number of nitrogens with one attached hydrogen (secondary N) is 2. The van der Waals surface area contributed by atoms with Gasteiger partial charge in [0, 0.05) is 13.1 Å². The number of amides is 1. The van der Waals surface area contributed by atoms with Crippen LogP contribution in [-0.2, 0) is 4.79 Å². The van der Waals surface area contributed by atoms with E-state index in [1.54, 1.807) is 18.4 Å². The third kappa shape index (κ3) is 3.16. The minimum absolute atomic E-state index is 0.0158. The standard InChI is InChI=1S/C9H14N2OS/c1-7(8-3-4-13-6-8)11-5-9(12)10-2/h3-4,6-7,11H,5H2,1-2H3,(H,10,12). The van der Waals surface area contributed by atoms with Gasteiger partial charge < -0.3 is 10.6 Å². The van der Waals surface area contributed by atoms with Crippen molar-refractivity contribution in [1.29, 1.82) is 0 Å². The highest BCUT2D eigenvalue weighted by atomic mass is 32.1. The number of rotatable bonds is 4. The van der Waals surface area contributed by atoms with Crippen LogP contribution in [-0.4, -0.2) is 19.5 Å². The highest BCUT2D eigenvalue weighted by molar-refractivity contribution is 7.07. The fourth-order valence-electron chi connectivity index (χ4n) is 0.973. The quantitative estimate of drug-likeness (QED) is 0.762. The van der Waals surface area contributed by atoms with Crippen molar-refractivity contribution in [2.45, 2.75) is 13.0 Å². The van der Waals surface area contributed by atoms with E-state index in [0.717, 1.165) is 0 Å². The normalized spacial score (nSPS) is 12.5. The molecular weight excluding hydrogens is 184 g/mol. The SMILES string of the molecule is CNC(=O)CNC(C)c1ccsc1. The summed E-state index contributed by atoms with van der Waals surface area (Å²) in [5.74, 6) is 0.0158. The van der Waals surface area contributed by atoms with Gasteiger partial charge in [-0.15, -0.1) is 0 Å². The Hall–Kier alpha value is -0.870. The van der Waals surface area contributed by atoms with Crippen LogP contribution in [0.5, 0.6) is 0 Å². The fraction of sp³-hybridized carbons (Fsp3) is 0.444. The number of carbonyl (C=O) groups excluding carboxylic acids is 1.